The van der Waals surface area contributed by atoms with Gasteiger partial charge >= 0.3 is 0 Å². The standard InChI is InChI=1S/C17H11ClFN3OS/c18-11-5-3-10(4-6-11)16-15(13-2-1-7-24-13)17-20-12(9-19)8-14(23)22(17)21-16/h1-8,20H,9H2. The molecule has 0 radical (unpaired) electrons. The summed E-state index contributed by atoms with van der Waals surface area (Å²) in [6.07, 6.45) is 0. The number of nitrogens with zero attached hydrogens (tertiary/aromatic N) is 2. The molecular weight excluding hydrogens is 349 g/mol. The number of aromatic nitrogens is 3. The zero-order valence-corrected chi connectivity index (χ0v) is 13.9. The van der Waals surface area contributed by atoms with Crippen LogP contribution < -0.4 is 5.56 Å². The number of fused-ring (bicyclic) bond motifs is 1. The third-order valence-corrected chi connectivity index (χ3v) is 4.84. The van der Waals surface area contributed by atoms with Crippen molar-refractivity contribution >= 4 is 28.6 Å². The number of thiophene rings is 1. The summed E-state index contributed by atoms with van der Waals surface area (Å²) in [7, 11) is 0. The Kier molecular flexibility index (Phi) is 3.70. The van der Waals surface area contributed by atoms with Crippen LogP contribution in [0, 0.1) is 0 Å². The highest BCUT2D eigenvalue weighted by Crippen LogP contribution is 2.36. The van der Waals surface area contributed by atoms with Crippen LogP contribution in [-0.4, -0.2) is 14.6 Å². The van der Waals surface area contributed by atoms with Gasteiger partial charge in [0.15, 0.2) is 0 Å². The van der Waals surface area contributed by atoms with Crippen molar-refractivity contribution in [1.29, 1.82) is 0 Å². The van der Waals surface area contributed by atoms with Gasteiger partial charge in [-0.3, -0.25) is 4.79 Å². The number of nitrogens with one attached hydrogen (secondary N) is 1. The smallest absolute Gasteiger partial charge is 0.274 e. The van der Waals surface area contributed by atoms with Crippen molar-refractivity contribution in [1.82, 2.24) is 14.6 Å². The third kappa shape index (κ3) is 2.44. The van der Waals surface area contributed by atoms with Crippen LogP contribution in [0.15, 0.2) is 52.6 Å². The molecule has 1 N–H and O–H groups in total. The number of aromatic amines is 1. The highest BCUT2D eigenvalue weighted by molar-refractivity contribution is 7.13. The minimum Gasteiger partial charge on any atom is -0.340 e. The van der Waals surface area contributed by atoms with Gasteiger partial charge in [-0.05, 0) is 23.6 Å². The van der Waals surface area contributed by atoms with Crippen LogP contribution in [0.3, 0.4) is 0 Å². The van der Waals surface area contributed by atoms with Gasteiger partial charge in [-0.15, -0.1) is 11.3 Å². The average molecular weight is 360 g/mol. The molecule has 4 aromatic rings. The maximum Gasteiger partial charge on any atom is 0.274 e. The number of H-pyrrole nitrogens is 1. The Hall–Kier alpha value is -2.44. The number of benzene rings is 1. The van der Waals surface area contributed by atoms with E-state index in [0.29, 0.717) is 16.4 Å². The summed E-state index contributed by atoms with van der Waals surface area (Å²) in [5, 5.41) is 7.02. The van der Waals surface area contributed by atoms with Crippen molar-refractivity contribution in [3.05, 3.63) is 68.9 Å². The maximum absolute atomic E-state index is 13.1. The molecule has 0 aliphatic rings. The van der Waals surface area contributed by atoms with E-state index in [1.165, 1.54) is 21.9 Å². The molecule has 3 aromatic heterocycles. The molecule has 0 unspecified atom stereocenters. The molecule has 0 aliphatic heterocycles. The highest BCUT2D eigenvalue weighted by Gasteiger charge is 2.19. The zero-order valence-electron chi connectivity index (χ0n) is 12.3. The van der Waals surface area contributed by atoms with E-state index in [-0.39, 0.29) is 11.3 Å². The topological polar surface area (TPSA) is 50.2 Å². The van der Waals surface area contributed by atoms with Crippen LogP contribution in [-0.2, 0) is 6.67 Å². The fourth-order valence-corrected chi connectivity index (χ4v) is 3.53. The van der Waals surface area contributed by atoms with Crippen molar-refractivity contribution in [2.45, 2.75) is 6.67 Å². The lowest BCUT2D eigenvalue weighted by atomic mass is 10.1. The molecule has 1 aromatic carbocycles. The Labute approximate surface area is 145 Å². The Bertz CT molecular complexity index is 1070. The largest absolute Gasteiger partial charge is 0.340 e. The van der Waals surface area contributed by atoms with Gasteiger partial charge in [0, 0.05) is 21.5 Å². The van der Waals surface area contributed by atoms with Gasteiger partial charge < -0.3 is 4.98 Å². The summed E-state index contributed by atoms with van der Waals surface area (Å²) in [4.78, 5) is 16.2. The van der Waals surface area contributed by atoms with Crippen LogP contribution >= 0.6 is 22.9 Å². The number of halogens is 2. The van der Waals surface area contributed by atoms with Crippen LogP contribution in [0.5, 0.6) is 0 Å². The molecular formula is C17H11ClFN3OS. The van der Waals surface area contributed by atoms with Crippen LogP contribution in [0.1, 0.15) is 5.69 Å². The van der Waals surface area contributed by atoms with Gasteiger partial charge in [-0.1, -0.05) is 29.8 Å². The lowest BCUT2D eigenvalue weighted by Crippen LogP contribution is -2.15. The van der Waals surface area contributed by atoms with Gasteiger partial charge in [0.1, 0.15) is 18.0 Å². The normalized spacial score (nSPS) is 11.2. The molecule has 0 bridgehead atoms. The Balaban J connectivity index is 2.09. The van der Waals surface area contributed by atoms with E-state index < -0.39 is 6.67 Å². The Morgan fingerprint density at radius 1 is 1.25 bits per heavy atom. The summed E-state index contributed by atoms with van der Waals surface area (Å²) < 4.78 is 14.3. The second-order valence-electron chi connectivity index (χ2n) is 5.23. The monoisotopic (exact) mass is 359 g/mol. The molecule has 7 heteroatoms. The van der Waals surface area contributed by atoms with Crippen molar-refractivity contribution < 1.29 is 4.39 Å². The first kappa shape index (κ1) is 15.1. The summed E-state index contributed by atoms with van der Waals surface area (Å²) >= 11 is 7.49. The molecule has 0 saturated heterocycles. The lowest BCUT2D eigenvalue weighted by Gasteiger charge is -2.02. The zero-order chi connectivity index (χ0) is 16.7. The van der Waals surface area contributed by atoms with Crippen molar-refractivity contribution in [3.63, 3.8) is 0 Å². The second-order valence-corrected chi connectivity index (χ2v) is 6.62. The van der Waals surface area contributed by atoms with Crippen molar-refractivity contribution in [2.75, 3.05) is 0 Å². The van der Waals surface area contributed by atoms with E-state index in [4.69, 9.17) is 11.6 Å². The van der Waals surface area contributed by atoms with E-state index in [9.17, 15) is 9.18 Å². The van der Waals surface area contributed by atoms with E-state index in [1.807, 2.05) is 29.6 Å². The van der Waals surface area contributed by atoms with Crippen LogP contribution in [0.25, 0.3) is 27.3 Å². The van der Waals surface area contributed by atoms with Gasteiger partial charge in [0.25, 0.3) is 5.56 Å². The molecule has 24 heavy (non-hydrogen) atoms. The Morgan fingerprint density at radius 3 is 2.71 bits per heavy atom. The number of hydrogen-bond acceptors (Lipinski definition) is 3. The fraction of sp³-hybridized carbons (Fsp3) is 0.0588. The fourth-order valence-electron chi connectivity index (χ4n) is 2.63. The summed E-state index contributed by atoms with van der Waals surface area (Å²) in [6, 6.07) is 12.3. The predicted octanol–water partition coefficient (Wildman–Crippen LogP) is 4.54. The second kappa shape index (κ2) is 5.89. The van der Waals surface area contributed by atoms with E-state index in [0.717, 1.165) is 16.0 Å². The van der Waals surface area contributed by atoms with Gasteiger partial charge in [0.2, 0.25) is 0 Å². The quantitative estimate of drug-likeness (QED) is 0.583. The summed E-state index contributed by atoms with van der Waals surface area (Å²) in [5.74, 6) is 0. The maximum atomic E-state index is 13.1. The van der Waals surface area contributed by atoms with Gasteiger partial charge in [-0.2, -0.15) is 9.61 Å². The molecule has 0 aliphatic carbocycles. The van der Waals surface area contributed by atoms with E-state index >= 15 is 0 Å². The average Bonchev–Trinajstić information content (AvgIpc) is 3.22. The van der Waals surface area contributed by atoms with E-state index in [1.54, 1.807) is 12.1 Å². The molecule has 0 spiro atoms. The molecule has 4 rings (SSSR count). The molecule has 0 amide bonds. The van der Waals surface area contributed by atoms with Crippen LogP contribution in [0.2, 0.25) is 5.02 Å². The van der Waals surface area contributed by atoms with Crippen molar-refractivity contribution in [2.24, 2.45) is 0 Å². The van der Waals surface area contributed by atoms with Crippen LogP contribution in [0.4, 0.5) is 4.39 Å². The SMILES string of the molecule is O=c1cc(CF)[nH]c2c(-c3cccs3)c(-c3ccc(Cl)cc3)nn12. The molecule has 0 saturated carbocycles. The lowest BCUT2D eigenvalue weighted by molar-refractivity contribution is 0.475. The van der Waals surface area contributed by atoms with E-state index in [2.05, 4.69) is 10.1 Å². The molecule has 120 valence electrons. The number of hydrogen-bond donors (Lipinski definition) is 1. The third-order valence-electron chi connectivity index (χ3n) is 3.70. The van der Waals surface area contributed by atoms with Gasteiger partial charge in [0.05, 0.1) is 11.3 Å². The Morgan fingerprint density at radius 2 is 2.04 bits per heavy atom. The first-order valence-corrected chi connectivity index (χ1v) is 8.44. The summed E-state index contributed by atoms with van der Waals surface area (Å²) in [6.45, 7) is -0.739. The predicted molar refractivity (Wildman–Crippen MR) is 94.4 cm³/mol. The number of alkyl halides is 1. The molecule has 4 nitrogen and oxygen atoms in total. The summed E-state index contributed by atoms with van der Waals surface area (Å²) in [5.41, 5.74) is 2.61. The number of rotatable bonds is 3. The highest BCUT2D eigenvalue weighted by atomic mass is 35.5. The molecule has 0 atom stereocenters. The first-order valence-electron chi connectivity index (χ1n) is 7.18. The van der Waals surface area contributed by atoms with Gasteiger partial charge in [-0.25, -0.2) is 4.39 Å². The van der Waals surface area contributed by atoms with Crippen molar-refractivity contribution in [3.8, 4) is 21.7 Å². The first-order chi connectivity index (χ1) is 11.7. The minimum absolute atomic E-state index is 0.230. The molecule has 3 heterocycles. The molecule has 0 fully saturated rings. The minimum atomic E-state index is -0.739.